The van der Waals surface area contributed by atoms with E-state index in [-0.39, 0.29) is 17.1 Å². The van der Waals surface area contributed by atoms with Crippen molar-refractivity contribution in [2.24, 2.45) is 5.16 Å². The van der Waals surface area contributed by atoms with Crippen molar-refractivity contribution in [1.29, 1.82) is 0 Å². The second-order valence-corrected chi connectivity index (χ2v) is 1.99. The van der Waals surface area contributed by atoms with E-state index in [9.17, 15) is 0 Å². The summed E-state index contributed by atoms with van der Waals surface area (Å²) in [6, 6.07) is 3.94. The Kier molecular flexibility index (Phi) is 1.96. The first kappa shape index (κ1) is 7.40. The van der Waals surface area contributed by atoms with Gasteiger partial charge in [-0.05, 0) is 18.2 Å². The lowest BCUT2D eigenvalue weighted by Crippen LogP contribution is -1.81. The van der Waals surface area contributed by atoms with E-state index in [1.54, 1.807) is 0 Å². The molecule has 0 saturated carbocycles. The molecule has 58 valence electrons. The predicted molar refractivity (Wildman–Crippen MR) is 39.2 cm³/mol. The van der Waals surface area contributed by atoms with Gasteiger partial charge in [-0.3, -0.25) is 0 Å². The Bertz CT molecular complexity index is 283. The second-order valence-electron chi connectivity index (χ2n) is 1.99. The molecule has 0 aliphatic heterocycles. The van der Waals surface area contributed by atoms with Gasteiger partial charge < -0.3 is 15.4 Å². The van der Waals surface area contributed by atoms with Crippen LogP contribution in [0.25, 0.3) is 0 Å². The fourth-order valence-electron chi connectivity index (χ4n) is 0.708. The Hall–Kier alpha value is -1.71. The van der Waals surface area contributed by atoms with Gasteiger partial charge in [-0.1, -0.05) is 5.16 Å². The SMILES string of the molecule is ON=Cc1cc(O)ccc1O. The highest BCUT2D eigenvalue weighted by Gasteiger charge is 1.98. The highest BCUT2D eigenvalue weighted by Crippen LogP contribution is 2.19. The fraction of sp³-hybridized carbons (Fsp3) is 0. The lowest BCUT2D eigenvalue weighted by atomic mass is 10.2. The summed E-state index contributed by atoms with van der Waals surface area (Å²) < 4.78 is 0. The molecule has 4 nitrogen and oxygen atoms in total. The lowest BCUT2D eigenvalue weighted by molar-refractivity contribution is 0.321. The molecular formula is C7H7NO3. The Labute approximate surface area is 63.0 Å². The van der Waals surface area contributed by atoms with Crippen LogP contribution in [-0.2, 0) is 0 Å². The van der Waals surface area contributed by atoms with Gasteiger partial charge in [0.2, 0.25) is 0 Å². The van der Waals surface area contributed by atoms with Crippen molar-refractivity contribution >= 4 is 6.21 Å². The minimum atomic E-state index is -0.0411. The minimum Gasteiger partial charge on any atom is -0.508 e. The normalized spacial score (nSPS) is 10.5. The molecule has 1 aromatic carbocycles. The van der Waals surface area contributed by atoms with Crippen LogP contribution < -0.4 is 0 Å². The standard InChI is InChI=1S/C7H7NO3/c9-6-1-2-7(10)5(3-6)4-8-11/h1-4,9-11H. The van der Waals surface area contributed by atoms with Crippen molar-refractivity contribution in [2.75, 3.05) is 0 Å². The van der Waals surface area contributed by atoms with Crippen LogP contribution in [0.3, 0.4) is 0 Å². The molecule has 0 aliphatic rings. The summed E-state index contributed by atoms with van der Waals surface area (Å²) in [6.45, 7) is 0. The van der Waals surface area contributed by atoms with Gasteiger partial charge in [-0.15, -0.1) is 0 Å². The molecular weight excluding hydrogens is 146 g/mol. The highest BCUT2D eigenvalue weighted by atomic mass is 16.4. The van der Waals surface area contributed by atoms with Crippen molar-refractivity contribution < 1.29 is 15.4 Å². The van der Waals surface area contributed by atoms with Gasteiger partial charge in [0.15, 0.2) is 0 Å². The number of oxime groups is 1. The number of phenolic OH excluding ortho intramolecular Hbond substituents is 2. The van der Waals surface area contributed by atoms with Crippen molar-refractivity contribution in [1.82, 2.24) is 0 Å². The summed E-state index contributed by atoms with van der Waals surface area (Å²) >= 11 is 0. The maximum Gasteiger partial charge on any atom is 0.124 e. The maximum absolute atomic E-state index is 9.05. The Morgan fingerprint density at radius 2 is 2.00 bits per heavy atom. The van der Waals surface area contributed by atoms with Crippen LogP contribution in [0, 0.1) is 0 Å². The Balaban J connectivity index is 3.12. The van der Waals surface area contributed by atoms with Gasteiger partial charge in [0, 0.05) is 5.56 Å². The van der Waals surface area contributed by atoms with E-state index in [1.807, 2.05) is 0 Å². The zero-order valence-electron chi connectivity index (χ0n) is 5.60. The molecule has 0 bridgehead atoms. The largest absolute Gasteiger partial charge is 0.508 e. The molecule has 0 heterocycles. The van der Waals surface area contributed by atoms with E-state index < -0.39 is 0 Å². The van der Waals surface area contributed by atoms with Gasteiger partial charge in [-0.2, -0.15) is 0 Å². The minimum absolute atomic E-state index is 0.0118. The summed E-state index contributed by atoms with van der Waals surface area (Å²) in [5, 5.41) is 28.8. The number of hydrogen-bond acceptors (Lipinski definition) is 4. The number of rotatable bonds is 1. The van der Waals surface area contributed by atoms with Crippen LogP contribution in [0.2, 0.25) is 0 Å². The van der Waals surface area contributed by atoms with E-state index >= 15 is 0 Å². The molecule has 0 unspecified atom stereocenters. The molecule has 0 atom stereocenters. The molecule has 0 aliphatic carbocycles. The molecule has 0 saturated heterocycles. The summed E-state index contributed by atoms with van der Waals surface area (Å²) in [6.07, 6.45) is 1.04. The van der Waals surface area contributed by atoms with E-state index in [4.69, 9.17) is 15.4 Å². The van der Waals surface area contributed by atoms with Crippen LogP contribution in [0.5, 0.6) is 11.5 Å². The first-order valence-electron chi connectivity index (χ1n) is 2.93. The molecule has 0 amide bonds. The maximum atomic E-state index is 9.05. The molecule has 0 fully saturated rings. The summed E-state index contributed by atoms with van der Waals surface area (Å²) in [4.78, 5) is 0. The molecule has 0 spiro atoms. The van der Waals surface area contributed by atoms with Crippen molar-refractivity contribution in [2.45, 2.75) is 0 Å². The summed E-state index contributed by atoms with van der Waals surface area (Å²) in [7, 11) is 0. The lowest BCUT2D eigenvalue weighted by Gasteiger charge is -1.96. The first-order chi connectivity index (χ1) is 5.24. The quantitative estimate of drug-likeness (QED) is 0.243. The van der Waals surface area contributed by atoms with Crippen LogP contribution in [-0.4, -0.2) is 21.6 Å². The Morgan fingerprint density at radius 1 is 1.27 bits per heavy atom. The third-order valence-electron chi connectivity index (χ3n) is 1.21. The zero-order chi connectivity index (χ0) is 8.27. The van der Waals surface area contributed by atoms with E-state index in [0.29, 0.717) is 0 Å². The van der Waals surface area contributed by atoms with Crippen molar-refractivity contribution in [3.63, 3.8) is 0 Å². The number of benzene rings is 1. The van der Waals surface area contributed by atoms with Gasteiger partial charge in [0.25, 0.3) is 0 Å². The third-order valence-corrected chi connectivity index (χ3v) is 1.21. The van der Waals surface area contributed by atoms with Crippen molar-refractivity contribution in [3.8, 4) is 11.5 Å². The second kappa shape index (κ2) is 2.92. The van der Waals surface area contributed by atoms with Crippen LogP contribution in [0.1, 0.15) is 5.56 Å². The number of aromatic hydroxyl groups is 2. The first-order valence-corrected chi connectivity index (χ1v) is 2.93. The van der Waals surface area contributed by atoms with Gasteiger partial charge in [-0.25, -0.2) is 0 Å². The molecule has 0 radical (unpaired) electrons. The van der Waals surface area contributed by atoms with Crippen molar-refractivity contribution in [3.05, 3.63) is 23.8 Å². The third kappa shape index (κ3) is 1.61. The fourth-order valence-corrected chi connectivity index (χ4v) is 0.708. The predicted octanol–water partition coefficient (Wildman–Crippen LogP) is 0.906. The van der Waals surface area contributed by atoms with E-state index in [2.05, 4.69) is 5.16 Å². The average molecular weight is 153 g/mol. The number of hydrogen-bond donors (Lipinski definition) is 3. The number of phenols is 2. The molecule has 3 N–H and O–H groups in total. The molecule has 11 heavy (non-hydrogen) atoms. The monoisotopic (exact) mass is 153 g/mol. The molecule has 1 rings (SSSR count). The summed E-state index contributed by atoms with van der Waals surface area (Å²) in [5.74, 6) is -0.0294. The van der Waals surface area contributed by atoms with E-state index in [0.717, 1.165) is 6.21 Å². The molecule has 0 aromatic heterocycles. The number of nitrogens with zero attached hydrogens (tertiary/aromatic N) is 1. The molecule has 4 heteroatoms. The highest BCUT2D eigenvalue weighted by molar-refractivity contribution is 5.83. The Morgan fingerprint density at radius 3 is 2.64 bits per heavy atom. The van der Waals surface area contributed by atoms with Gasteiger partial charge in [0.05, 0.1) is 6.21 Å². The average Bonchev–Trinajstić information content (AvgIpc) is 1.98. The molecule has 1 aromatic rings. The van der Waals surface area contributed by atoms with Gasteiger partial charge in [0.1, 0.15) is 11.5 Å². The van der Waals surface area contributed by atoms with Gasteiger partial charge >= 0.3 is 0 Å². The smallest absolute Gasteiger partial charge is 0.124 e. The summed E-state index contributed by atoms with van der Waals surface area (Å²) in [5.41, 5.74) is 0.271. The van der Waals surface area contributed by atoms with Crippen LogP contribution >= 0.6 is 0 Å². The van der Waals surface area contributed by atoms with Crippen LogP contribution in [0.4, 0.5) is 0 Å². The van der Waals surface area contributed by atoms with E-state index in [1.165, 1.54) is 18.2 Å². The van der Waals surface area contributed by atoms with Crippen LogP contribution in [0.15, 0.2) is 23.4 Å². The topological polar surface area (TPSA) is 73.1 Å². The zero-order valence-corrected chi connectivity index (χ0v) is 5.60.